The lowest BCUT2D eigenvalue weighted by Crippen LogP contribution is -2.41. The third-order valence-corrected chi connectivity index (χ3v) is 9.23. The topological polar surface area (TPSA) is 154 Å². The number of carboxylic acid groups (broad SMARTS) is 1. The number of halogens is 2. The van der Waals surface area contributed by atoms with E-state index in [1.165, 1.54) is 29.2 Å². The molecule has 236 valence electrons. The first-order valence-electron chi connectivity index (χ1n) is 14.1. The molecule has 0 aromatic carbocycles. The molecule has 1 saturated heterocycles. The Balaban J connectivity index is 1.52. The summed E-state index contributed by atoms with van der Waals surface area (Å²) in [5.41, 5.74) is -0.352. The Bertz CT molecular complexity index is 1660. The van der Waals surface area contributed by atoms with Crippen LogP contribution in [-0.2, 0) is 15.4 Å². The number of rotatable bonds is 9. The number of hydrogen-bond acceptors (Lipinski definition) is 8. The summed E-state index contributed by atoms with van der Waals surface area (Å²) in [5, 5.41) is 12.4. The number of carbonyl (C=O) groups excluding carboxylic acids is 1. The van der Waals surface area contributed by atoms with Gasteiger partial charge in [-0.25, -0.2) is 24.5 Å². The Hall–Kier alpha value is -3.65. The maximum atomic E-state index is 14.7. The van der Waals surface area contributed by atoms with E-state index in [9.17, 15) is 27.5 Å². The molecule has 0 radical (unpaired) electrons. The molecule has 3 N–H and O–H groups in total. The summed E-state index contributed by atoms with van der Waals surface area (Å²) in [7, 11) is -4.47. The standard InChI is InChI=1S/C30H36BrFN6O5S/c1-29(2,3)22-15-13-19(26(32)35-22)27(39)37-44(42,43)25-11-7-10-24(36-25)34-21(20-8-6-9-23(31)33-20)14-12-18-16-30(4,5)38(17-18)28(40)41/h6-11,13,15,18,21H,12,14,16-17H2,1-5H3,(H,34,36)(H,37,39)(H,40,41)/t18-,21?/m0/s1. The average molecular weight is 692 g/mol. The Morgan fingerprint density at radius 3 is 2.43 bits per heavy atom. The van der Waals surface area contributed by atoms with Gasteiger partial charge in [-0.05, 0) is 91.4 Å². The van der Waals surface area contributed by atoms with E-state index in [2.05, 4.69) is 36.2 Å². The van der Waals surface area contributed by atoms with Gasteiger partial charge in [-0.3, -0.25) is 4.79 Å². The number of nitrogens with one attached hydrogen (secondary N) is 2. The lowest BCUT2D eigenvalue weighted by molar-refractivity contribution is 0.0975. The lowest BCUT2D eigenvalue weighted by atomic mass is 9.91. The van der Waals surface area contributed by atoms with Crippen LogP contribution in [0.25, 0.3) is 0 Å². The molecule has 4 rings (SSSR count). The zero-order valence-corrected chi connectivity index (χ0v) is 27.5. The second-order valence-corrected chi connectivity index (χ2v) is 15.0. The van der Waals surface area contributed by atoms with Crippen molar-refractivity contribution in [1.29, 1.82) is 0 Å². The third kappa shape index (κ3) is 7.89. The SMILES string of the molecule is CC(C)(C)c1ccc(C(=O)NS(=O)(=O)c2cccc(NC(CC[C@@H]3CN(C(=O)O)C(C)(C)C3)c3cccc(Br)n3)n2)c(F)n1. The minimum absolute atomic E-state index is 0.125. The van der Waals surface area contributed by atoms with Crippen molar-refractivity contribution < 1.29 is 27.5 Å². The zero-order chi connectivity index (χ0) is 32.4. The van der Waals surface area contributed by atoms with Gasteiger partial charge in [0.05, 0.1) is 17.3 Å². The van der Waals surface area contributed by atoms with Crippen molar-refractivity contribution in [2.24, 2.45) is 5.92 Å². The molecule has 11 nitrogen and oxygen atoms in total. The van der Waals surface area contributed by atoms with Gasteiger partial charge in [0.15, 0.2) is 5.03 Å². The number of hydrogen-bond donors (Lipinski definition) is 3. The molecule has 0 saturated carbocycles. The van der Waals surface area contributed by atoms with E-state index in [1.807, 2.05) is 51.5 Å². The summed E-state index contributed by atoms with van der Waals surface area (Å²) in [4.78, 5) is 38.6. The van der Waals surface area contributed by atoms with Crippen LogP contribution >= 0.6 is 15.9 Å². The molecular weight excluding hydrogens is 655 g/mol. The summed E-state index contributed by atoms with van der Waals surface area (Å²) < 4.78 is 43.4. The first-order valence-corrected chi connectivity index (χ1v) is 16.3. The molecule has 4 heterocycles. The number of aromatic nitrogens is 3. The average Bonchev–Trinajstić information content (AvgIpc) is 3.24. The molecule has 0 aliphatic carbocycles. The predicted molar refractivity (Wildman–Crippen MR) is 166 cm³/mol. The first kappa shape index (κ1) is 33.2. The van der Waals surface area contributed by atoms with E-state index in [1.54, 1.807) is 12.1 Å². The van der Waals surface area contributed by atoms with E-state index in [4.69, 9.17) is 0 Å². The molecule has 44 heavy (non-hydrogen) atoms. The minimum Gasteiger partial charge on any atom is -0.465 e. The molecule has 3 aromatic heterocycles. The minimum atomic E-state index is -4.47. The van der Waals surface area contributed by atoms with Crippen molar-refractivity contribution in [3.63, 3.8) is 0 Å². The number of anilines is 1. The molecule has 0 bridgehead atoms. The smallest absolute Gasteiger partial charge is 0.407 e. The summed E-state index contributed by atoms with van der Waals surface area (Å²) in [6, 6.07) is 12.0. The Labute approximate surface area is 264 Å². The van der Waals surface area contributed by atoms with Gasteiger partial charge in [0.25, 0.3) is 15.9 Å². The quantitative estimate of drug-likeness (QED) is 0.233. The van der Waals surface area contributed by atoms with Crippen LogP contribution in [0.3, 0.4) is 0 Å². The van der Waals surface area contributed by atoms with Crippen LogP contribution in [0, 0.1) is 11.9 Å². The van der Waals surface area contributed by atoms with Crippen LogP contribution in [0.15, 0.2) is 58.2 Å². The normalized spacial score (nSPS) is 17.2. The lowest BCUT2D eigenvalue weighted by Gasteiger charge is -2.28. The predicted octanol–water partition coefficient (Wildman–Crippen LogP) is 5.90. The monoisotopic (exact) mass is 690 g/mol. The molecule has 1 unspecified atom stereocenters. The molecule has 1 aliphatic heterocycles. The van der Waals surface area contributed by atoms with Crippen molar-refractivity contribution in [2.45, 2.75) is 75.9 Å². The Kier molecular flexibility index (Phi) is 9.64. The van der Waals surface area contributed by atoms with Crippen molar-refractivity contribution in [1.82, 2.24) is 24.6 Å². The number of amides is 2. The highest BCUT2D eigenvalue weighted by atomic mass is 79.9. The molecule has 1 fully saturated rings. The number of nitrogens with zero attached hydrogens (tertiary/aromatic N) is 4. The Morgan fingerprint density at radius 1 is 1.11 bits per heavy atom. The van der Waals surface area contributed by atoms with Crippen LogP contribution in [0.2, 0.25) is 0 Å². The largest absolute Gasteiger partial charge is 0.465 e. The van der Waals surface area contributed by atoms with Crippen LogP contribution in [-0.4, -0.2) is 57.5 Å². The summed E-state index contributed by atoms with van der Waals surface area (Å²) in [6.45, 7) is 9.75. The first-order chi connectivity index (χ1) is 20.5. The van der Waals surface area contributed by atoms with Gasteiger partial charge in [-0.2, -0.15) is 12.8 Å². The van der Waals surface area contributed by atoms with Crippen LogP contribution in [0.1, 0.15) is 81.7 Å². The van der Waals surface area contributed by atoms with E-state index in [-0.39, 0.29) is 11.7 Å². The van der Waals surface area contributed by atoms with E-state index in [0.29, 0.717) is 41.8 Å². The molecule has 3 aromatic rings. The molecule has 2 amide bonds. The zero-order valence-electron chi connectivity index (χ0n) is 25.1. The van der Waals surface area contributed by atoms with Crippen molar-refractivity contribution in [2.75, 3.05) is 11.9 Å². The van der Waals surface area contributed by atoms with Gasteiger partial charge < -0.3 is 15.3 Å². The van der Waals surface area contributed by atoms with Gasteiger partial charge >= 0.3 is 6.09 Å². The van der Waals surface area contributed by atoms with Crippen molar-refractivity contribution in [3.05, 3.63) is 76.0 Å². The fourth-order valence-corrected chi connectivity index (χ4v) is 6.60. The molecule has 1 aliphatic rings. The van der Waals surface area contributed by atoms with Gasteiger partial charge in [0, 0.05) is 23.2 Å². The molecule has 2 atom stereocenters. The number of carbonyl (C=O) groups is 2. The van der Waals surface area contributed by atoms with Crippen molar-refractivity contribution >= 4 is 43.8 Å². The van der Waals surface area contributed by atoms with E-state index >= 15 is 0 Å². The summed E-state index contributed by atoms with van der Waals surface area (Å²) in [5.74, 6) is -1.90. The van der Waals surface area contributed by atoms with Crippen LogP contribution in [0.4, 0.5) is 15.0 Å². The highest BCUT2D eigenvalue weighted by Gasteiger charge is 2.41. The highest BCUT2D eigenvalue weighted by Crippen LogP contribution is 2.37. The molecular formula is C30H36BrFN6O5S. The number of pyridine rings is 3. The maximum absolute atomic E-state index is 14.7. The maximum Gasteiger partial charge on any atom is 0.407 e. The highest BCUT2D eigenvalue weighted by molar-refractivity contribution is 9.10. The number of likely N-dealkylation sites (tertiary alicyclic amines) is 1. The van der Waals surface area contributed by atoms with Gasteiger partial charge in [-0.1, -0.05) is 32.9 Å². The van der Waals surface area contributed by atoms with E-state index in [0.717, 1.165) is 0 Å². The molecule has 0 spiro atoms. The van der Waals surface area contributed by atoms with Gasteiger partial charge in [-0.15, -0.1) is 0 Å². The van der Waals surface area contributed by atoms with Crippen LogP contribution < -0.4 is 10.0 Å². The second kappa shape index (κ2) is 12.8. The van der Waals surface area contributed by atoms with Gasteiger partial charge in [0.2, 0.25) is 5.95 Å². The molecule has 14 heteroatoms. The fourth-order valence-electron chi connectivity index (χ4n) is 5.31. The second-order valence-electron chi connectivity index (χ2n) is 12.5. The summed E-state index contributed by atoms with van der Waals surface area (Å²) >= 11 is 3.39. The van der Waals surface area contributed by atoms with Gasteiger partial charge in [0.1, 0.15) is 10.4 Å². The summed E-state index contributed by atoms with van der Waals surface area (Å²) in [6.07, 6.45) is 1.000. The van der Waals surface area contributed by atoms with E-state index < -0.39 is 55.6 Å². The Morgan fingerprint density at radius 2 is 1.82 bits per heavy atom. The third-order valence-electron chi connectivity index (χ3n) is 7.56. The number of sulfonamides is 1. The van der Waals surface area contributed by atoms with Crippen LogP contribution in [0.5, 0.6) is 0 Å². The fraction of sp³-hybridized carbons (Fsp3) is 0.433. The van der Waals surface area contributed by atoms with Crippen molar-refractivity contribution in [3.8, 4) is 0 Å².